The third kappa shape index (κ3) is 2.56. The van der Waals surface area contributed by atoms with Crippen molar-refractivity contribution < 1.29 is 8.42 Å². The lowest BCUT2D eigenvalue weighted by Crippen LogP contribution is -2.42. The summed E-state index contributed by atoms with van der Waals surface area (Å²) in [4.78, 5) is 0. The fourth-order valence-electron chi connectivity index (χ4n) is 2.20. The van der Waals surface area contributed by atoms with Gasteiger partial charge in [-0.15, -0.1) is 0 Å². The quantitative estimate of drug-likeness (QED) is 0.748. The van der Waals surface area contributed by atoms with Crippen LogP contribution in [0, 0.1) is 0 Å². The van der Waals surface area contributed by atoms with E-state index in [4.69, 9.17) is 0 Å². The van der Waals surface area contributed by atoms with E-state index in [0.29, 0.717) is 0 Å². The zero-order valence-corrected chi connectivity index (χ0v) is 11.3. The van der Waals surface area contributed by atoms with Gasteiger partial charge in [-0.2, -0.15) is 4.31 Å². The van der Waals surface area contributed by atoms with Gasteiger partial charge in [0.15, 0.2) is 0 Å². The summed E-state index contributed by atoms with van der Waals surface area (Å²) in [7, 11) is -2.97. The summed E-state index contributed by atoms with van der Waals surface area (Å²) in [5, 5.41) is 0.719. The Bertz CT molecular complexity index is 313. The number of halogens is 1. The topological polar surface area (TPSA) is 37.4 Å². The van der Waals surface area contributed by atoms with Gasteiger partial charge in [0.25, 0.3) is 0 Å². The molecule has 1 saturated heterocycles. The Balaban J connectivity index is 2.15. The first kappa shape index (κ1) is 11.9. The first-order valence-corrected chi connectivity index (χ1v) is 8.35. The third-order valence-corrected chi connectivity index (χ3v) is 6.47. The Morgan fingerprint density at radius 3 is 2.47 bits per heavy atom. The van der Waals surface area contributed by atoms with Crippen molar-refractivity contribution >= 4 is 26.0 Å². The van der Waals surface area contributed by atoms with Crippen LogP contribution in [0.3, 0.4) is 0 Å². The molecule has 5 heteroatoms. The molecule has 0 aromatic heterocycles. The SMILES string of the molecule is O=S(=O)(C1CC1)N1CCCCCC1CBr. The maximum Gasteiger partial charge on any atom is 0.217 e. The molecular formula is C10H18BrNO2S. The van der Waals surface area contributed by atoms with Crippen molar-refractivity contribution in [3.8, 4) is 0 Å². The van der Waals surface area contributed by atoms with Gasteiger partial charge in [-0.3, -0.25) is 0 Å². The number of alkyl halides is 1. The highest BCUT2D eigenvalue weighted by molar-refractivity contribution is 9.09. The molecule has 0 radical (unpaired) electrons. The van der Waals surface area contributed by atoms with E-state index in [2.05, 4.69) is 15.9 Å². The minimum Gasteiger partial charge on any atom is -0.212 e. The second-order valence-electron chi connectivity index (χ2n) is 4.51. The average Bonchev–Trinajstić information content (AvgIpc) is 3.04. The lowest BCUT2D eigenvalue weighted by atomic mass is 10.1. The molecule has 1 aliphatic carbocycles. The second-order valence-corrected chi connectivity index (χ2v) is 7.33. The number of rotatable bonds is 3. The van der Waals surface area contributed by atoms with E-state index in [1.54, 1.807) is 4.31 Å². The first-order chi connectivity index (χ1) is 7.16. The van der Waals surface area contributed by atoms with E-state index in [1.165, 1.54) is 6.42 Å². The lowest BCUT2D eigenvalue weighted by molar-refractivity contribution is 0.347. The van der Waals surface area contributed by atoms with E-state index in [9.17, 15) is 8.42 Å². The normalized spacial score (nSPS) is 30.1. The van der Waals surface area contributed by atoms with E-state index < -0.39 is 10.0 Å². The van der Waals surface area contributed by atoms with Crippen LogP contribution in [0.15, 0.2) is 0 Å². The molecule has 0 aromatic carbocycles. The lowest BCUT2D eigenvalue weighted by Gasteiger charge is -2.27. The molecular weight excluding hydrogens is 278 g/mol. The van der Waals surface area contributed by atoms with Gasteiger partial charge in [0.2, 0.25) is 10.0 Å². The zero-order chi connectivity index (χ0) is 10.9. The van der Waals surface area contributed by atoms with Crippen LogP contribution in [0.4, 0.5) is 0 Å². The molecule has 0 amide bonds. The van der Waals surface area contributed by atoms with Crippen LogP contribution in [0.5, 0.6) is 0 Å². The predicted molar refractivity (Wildman–Crippen MR) is 64.7 cm³/mol. The highest BCUT2D eigenvalue weighted by atomic mass is 79.9. The zero-order valence-electron chi connectivity index (χ0n) is 8.86. The standard InChI is InChI=1S/C10H18BrNO2S/c11-8-9-4-2-1-3-7-12(9)15(13,14)10-5-6-10/h9-10H,1-8H2. The third-order valence-electron chi connectivity index (χ3n) is 3.27. The minimum atomic E-state index is -2.97. The van der Waals surface area contributed by atoms with Crippen LogP contribution < -0.4 is 0 Å². The predicted octanol–water partition coefficient (Wildman–Crippen LogP) is 2.12. The average molecular weight is 296 g/mol. The van der Waals surface area contributed by atoms with E-state index >= 15 is 0 Å². The molecule has 1 atom stereocenters. The molecule has 15 heavy (non-hydrogen) atoms. The van der Waals surface area contributed by atoms with Gasteiger partial charge in [-0.25, -0.2) is 8.42 Å². The summed E-state index contributed by atoms with van der Waals surface area (Å²) >= 11 is 3.44. The molecule has 1 heterocycles. The van der Waals surface area contributed by atoms with Gasteiger partial charge in [-0.05, 0) is 25.7 Å². The summed E-state index contributed by atoms with van der Waals surface area (Å²) in [6.45, 7) is 0.731. The number of hydrogen-bond acceptors (Lipinski definition) is 2. The summed E-state index contributed by atoms with van der Waals surface area (Å²) in [5.41, 5.74) is 0. The largest absolute Gasteiger partial charge is 0.217 e. The van der Waals surface area contributed by atoms with E-state index in [-0.39, 0.29) is 11.3 Å². The molecule has 2 rings (SSSR count). The summed E-state index contributed by atoms with van der Waals surface area (Å²) < 4.78 is 26.1. The number of sulfonamides is 1. The van der Waals surface area contributed by atoms with Crippen molar-refractivity contribution in [3.05, 3.63) is 0 Å². The highest BCUT2D eigenvalue weighted by Crippen LogP contribution is 2.34. The fourth-order valence-corrected chi connectivity index (χ4v) is 5.16. The summed E-state index contributed by atoms with van der Waals surface area (Å²) in [5.74, 6) is 0. The maximum atomic E-state index is 12.2. The molecule has 3 nitrogen and oxygen atoms in total. The van der Waals surface area contributed by atoms with Crippen LogP contribution in [-0.4, -0.2) is 35.9 Å². The monoisotopic (exact) mass is 295 g/mol. The Kier molecular flexibility index (Phi) is 3.73. The van der Waals surface area contributed by atoms with Gasteiger partial charge in [0.1, 0.15) is 0 Å². The van der Waals surface area contributed by atoms with Crippen molar-refractivity contribution in [2.45, 2.75) is 49.8 Å². The molecule has 88 valence electrons. The Hall–Kier alpha value is 0.390. The number of hydrogen-bond donors (Lipinski definition) is 0. The van der Waals surface area contributed by atoms with Crippen molar-refractivity contribution in [2.75, 3.05) is 11.9 Å². The van der Waals surface area contributed by atoms with Crippen molar-refractivity contribution in [1.29, 1.82) is 0 Å². The molecule has 0 N–H and O–H groups in total. The summed E-state index contributed by atoms with van der Waals surface area (Å²) in [6.07, 6.45) is 6.10. The fraction of sp³-hybridized carbons (Fsp3) is 1.00. The van der Waals surface area contributed by atoms with E-state index in [0.717, 1.165) is 44.0 Å². The molecule has 0 spiro atoms. The van der Waals surface area contributed by atoms with Gasteiger partial charge in [0.05, 0.1) is 5.25 Å². The Labute approximate surface area is 100 Å². The van der Waals surface area contributed by atoms with Crippen LogP contribution >= 0.6 is 15.9 Å². The van der Waals surface area contributed by atoms with Crippen LogP contribution in [0.1, 0.15) is 38.5 Å². The minimum absolute atomic E-state index is 0.0582. The Morgan fingerprint density at radius 1 is 1.13 bits per heavy atom. The van der Waals surface area contributed by atoms with Gasteiger partial charge < -0.3 is 0 Å². The van der Waals surface area contributed by atoms with Crippen molar-refractivity contribution in [2.24, 2.45) is 0 Å². The van der Waals surface area contributed by atoms with Gasteiger partial charge >= 0.3 is 0 Å². The van der Waals surface area contributed by atoms with E-state index in [1.807, 2.05) is 0 Å². The molecule has 2 fully saturated rings. The van der Waals surface area contributed by atoms with Crippen molar-refractivity contribution in [3.63, 3.8) is 0 Å². The summed E-state index contributed by atoms with van der Waals surface area (Å²) in [6, 6.07) is 0.193. The molecule has 2 aliphatic rings. The van der Waals surface area contributed by atoms with Gasteiger partial charge in [0, 0.05) is 17.9 Å². The number of nitrogens with zero attached hydrogens (tertiary/aromatic N) is 1. The molecule has 1 aliphatic heterocycles. The van der Waals surface area contributed by atoms with Crippen LogP contribution in [0.25, 0.3) is 0 Å². The van der Waals surface area contributed by atoms with Crippen molar-refractivity contribution in [1.82, 2.24) is 4.31 Å². The van der Waals surface area contributed by atoms with Crippen LogP contribution in [-0.2, 0) is 10.0 Å². The highest BCUT2D eigenvalue weighted by Gasteiger charge is 2.42. The second kappa shape index (κ2) is 4.72. The smallest absolute Gasteiger partial charge is 0.212 e. The van der Waals surface area contributed by atoms with Crippen LogP contribution in [0.2, 0.25) is 0 Å². The molecule has 0 aromatic rings. The molecule has 1 saturated carbocycles. The molecule has 1 unspecified atom stereocenters. The maximum absolute atomic E-state index is 12.2. The van der Waals surface area contributed by atoms with Gasteiger partial charge in [-0.1, -0.05) is 28.8 Å². The molecule has 0 bridgehead atoms. The Morgan fingerprint density at radius 2 is 1.87 bits per heavy atom. The first-order valence-electron chi connectivity index (χ1n) is 5.73.